The molecule has 0 bridgehead atoms. The van der Waals surface area contributed by atoms with E-state index in [0.29, 0.717) is 6.04 Å². The Morgan fingerprint density at radius 3 is 2.50 bits per heavy atom. The van der Waals surface area contributed by atoms with Gasteiger partial charge in [0.2, 0.25) is 5.24 Å². The molecule has 0 spiro atoms. The molecule has 2 heterocycles. The zero-order chi connectivity index (χ0) is 15.1. The molecule has 0 unspecified atom stereocenters. The third kappa shape index (κ3) is 4.58. The first-order chi connectivity index (χ1) is 9.47. The second kappa shape index (κ2) is 7.97. The number of aromatic nitrogens is 4. The summed E-state index contributed by atoms with van der Waals surface area (Å²) in [5, 5.41) is -0.508. The molecule has 0 aromatic carbocycles. The first-order valence-electron chi connectivity index (χ1n) is 6.01. The first kappa shape index (κ1) is 16.6. The highest BCUT2D eigenvalue weighted by Crippen LogP contribution is 2.21. The molecule has 0 saturated heterocycles. The Labute approximate surface area is 128 Å². The Kier molecular flexibility index (Phi) is 6.61. The molecule has 0 aliphatic rings. The lowest BCUT2D eigenvalue weighted by molar-refractivity contribution is -0.109. The molecule has 0 saturated carbocycles. The van der Waals surface area contributed by atoms with Crippen molar-refractivity contribution >= 4 is 28.4 Å². The zero-order valence-corrected chi connectivity index (χ0v) is 13.1. The molecule has 0 aliphatic carbocycles. The van der Waals surface area contributed by atoms with Gasteiger partial charge >= 0.3 is 0 Å². The van der Waals surface area contributed by atoms with Gasteiger partial charge in [-0.15, -0.1) is 11.6 Å². The number of halogens is 2. The molecule has 0 atom stereocenters. The quantitative estimate of drug-likeness (QED) is 0.644. The number of nitrogens with zero attached hydrogens (tertiary/aromatic N) is 4. The number of aryl methyl sites for hydroxylation is 1. The third-order valence-electron chi connectivity index (χ3n) is 2.45. The minimum absolute atomic E-state index is 0.0957. The van der Waals surface area contributed by atoms with Crippen molar-refractivity contribution in [2.24, 2.45) is 0 Å². The van der Waals surface area contributed by atoms with Gasteiger partial charge in [0.05, 0.1) is 23.5 Å². The van der Waals surface area contributed by atoms with Crippen LogP contribution in [0.15, 0.2) is 24.8 Å². The molecule has 0 aliphatic heterocycles. The van der Waals surface area contributed by atoms with Crippen molar-refractivity contribution in [1.29, 1.82) is 0 Å². The maximum atomic E-state index is 9.45. The first-order valence-corrected chi connectivity index (χ1v) is 6.93. The highest BCUT2D eigenvalue weighted by atomic mass is 35.5. The van der Waals surface area contributed by atoms with E-state index in [1.165, 1.54) is 0 Å². The van der Waals surface area contributed by atoms with Crippen molar-refractivity contribution in [1.82, 2.24) is 19.5 Å². The van der Waals surface area contributed by atoms with E-state index in [4.69, 9.17) is 23.2 Å². The van der Waals surface area contributed by atoms with Crippen LogP contribution in [-0.4, -0.2) is 30.6 Å². The second-order valence-corrected chi connectivity index (χ2v) is 4.93. The summed E-state index contributed by atoms with van der Waals surface area (Å²) in [6.45, 7) is 6.28. The van der Waals surface area contributed by atoms with Gasteiger partial charge in [-0.05, 0) is 38.4 Å². The molecule has 0 N–H and O–H groups in total. The van der Waals surface area contributed by atoms with Crippen LogP contribution in [0.5, 0.6) is 0 Å². The van der Waals surface area contributed by atoms with Gasteiger partial charge in [0.1, 0.15) is 12.2 Å². The summed E-state index contributed by atoms with van der Waals surface area (Å²) in [5.74, 6) is 0.917. The van der Waals surface area contributed by atoms with Crippen LogP contribution in [-0.2, 0) is 4.79 Å². The Morgan fingerprint density at radius 1 is 1.40 bits per heavy atom. The van der Waals surface area contributed by atoms with Crippen molar-refractivity contribution in [2.75, 3.05) is 5.88 Å². The van der Waals surface area contributed by atoms with E-state index in [9.17, 15) is 4.79 Å². The molecule has 5 nitrogen and oxygen atoms in total. The number of rotatable bonds is 3. The second-order valence-electron chi connectivity index (χ2n) is 4.24. The number of carbonyl (C=O) groups excluding carboxylic acids is 1. The molecular weight excluding hydrogens is 299 g/mol. The number of carbonyl (C=O) groups is 1. The average Bonchev–Trinajstić information content (AvgIpc) is 2.82. The summed E-state index contributed by atoms with van der Waals surface area (Å²) in [5.41, 5.74) is 1.96. The standard InChI is InChI=1S/C11H14N4.C2H2Cl2O/c1-8(2)15-9(3)13-6-11(15)10-4-5-12-7-14-10;3-1-2(4)5/h4-8H,1-3H3;1H2. The lowest BCUT2D eigenvalue weighted by Gasteiger charge is -2.13. The Hall–Kier alpha value is -1.46. The molecule has 7 heteroatoms. The molecule has 0 radical (unpaired) electrons. The zero-order valence-electron chi connectivity index (χ0n) is 11.5. The average molecular weight is 315 g/mol. The molecule has 108 valence electrons. The van der Waals surface area contributed by atoms with E-state index in [-0.39, 0.29) is 5.88 Å². The van der Waals surface area contributed by atoms with Gasteiger partial charge in [-0.3, -0.25) is 4.79 Å². The fourth-order valence-electron chi connectivity index (χ4n) is 1.74. The summed E-state index contributed by atoms with van der Waals surface area (Å²) in [6, 6.07) is 2.28. The molecule has 2 rings (SSSR count). The van der Waals surface area contributed by atoms with E-state index >= 15 is 0 Å². The van der Waals surface area contributed by atoms with Crippen LogP contribution in [0.3, 0.4) is 0 Å². The normalized spacial score (nSPS) is 10.1. The van der Waals surface area contributed by atoms with Crippen LogP contribution in [0.2, 0.25) is 0 Å². The van der Waals surface area contributed by atoms with Crippen molar-refractivity contribution in [3.05, 3.63) is 30.6 Å². The van der Waals surface area contributed by atoms with Crippen molar-refractivity contribution < 1.29 is 4.79 Å². The molecule has 0 amide bonds. The number of hydrogen-bond donors (Lipinski definition) is 0. The van der Waals surface area contributed by atoms with Crippen molar-refractivity contribution in [3.8, 4) is 11.4 Å². The van der Waals surface area contributed by atoms with Gasteiger partial charge in [-0.25, -0.2) is 15.0 Å². The highest BCUT2D eigenvalue weighted by molar-refractivity contribution is 6.67. The van der Waals surface area contributed by atoms with E-state index in [2.05, 4.69) is 33.4 Å². The lowest BCUT2D eigenvalue weighted by Crippen LogP contribution is -2.05. The summed E-state index contributed by atoms with van der Waals surface area (Å²) >= 11 is 9.55. The minimum Gasteiger partial charge on any atom is -0.324 e. The maximum Gasteiger partial charge on any atom is 0.236 e. The predicted octanol–water partition coefficient (Wildman–Crippen LogP) is 3.22. The van der Waals surface area contributed by atoms with Crippen LogP contribution in [0, 0.1) is 6.92 Å². The van der Waals surface area contributed by atoms with E-state index in [1.807, 2.05) is 19.2 Å². The molecule has 20 heavy (non-hydrogen) atoms. The monoisotopic (exact) mass is 314 g/mol. The Bertz CT molecular complexity index is 555. The van der Waals surface area contributed by atoms with Gasteiger partial charge in [-0.1, -0.05) is 0 Å². The number of hydrogen-bond acceptors (Lipinski definition) is 4. The summed E-state index contributed by atoms with van der Waals surface area (Å²) in [7, 11) is 0. The topological polar surface area (TPSA) is 60.7 Å². The summed E-state index contributed by atoms with van der Waals surface area (Å²) < 4.78 is 2.17. The molecule has 2 aromatic heterocycles. The van der Waals surface area contributed by atoms with Crippen LogP contribution in [0.4, 0.5) is 0 Å². The minimum atomic E-state index is -0.508. The smallest absolute Gasteiger partial charge is 0.236 e. The van der Waals surface area contributed by atoms with E-state index in [1.54, 1.807) is 12.5 Å². The highest BCUT2D eigenvalue weighted by Gasteiger charge is 2.11. The SMILES string of the molecule is Cc1ncc(-c2ccncn2)n1C(C)C.O=C(Cl)CCl. The molecular formula is C13H16Cl2N4O. The number of alkyl halides is 1. The van der Waals surface area contributed by atoms with Crippen LogP contribution < -0.4 is 0 Å². The van der Waals surface area contributed by atoms with Crippen LogP contribution in [0.25, 0.3) is 11.4 Å². The lowest BCUT2D eigenvalue weighted by atomic mass is 10.3. The predicted molar refractivity (Wildman–Crippen MR) is 80.0 cm³/mol. The van der Waals surface area contributed by atoms with E-state index < -0.39 is 5.24 Å². The van der Waals surface area contributed by atoms with Crippen LogP contribution >= 0.6 is 23.2 Å². The fourth-order valence-corrected chi connectivity index (χ4v) is 1.74. The summed E-state index contributed by atoms with van der Waals surface area (Å²) in [4.78, 5) is 21.9. The largest absolute Gasteiger partial charge is 0.324 e. The van der Waals surface area contributed by atoms with Gasteiger partial charge in [0, 0.05) is 12.2 Å². The third-order valence-corrected chi connectivity index (χ3v) is 2.96. The van der Waals surface area contributed by atoms with Gasteiger partial charge < -0.3 is 4.57 Å². The van der Waals surface area contributed by atoms with E-state index in [0.717, 1.165) is 17.2 Å². The maximum absolute atomic E-state index is 9.45. The Balaban J connectivity index is 0.000000347. The molecule has 0 fully saturated rings. The fraction of sp³-hybridized carbons (Fsp3) is 0.385. The van der Waals surface area contributed by atoms with Crippen LogP contribution in [0.1, 0.15) is 25.7 Å². The molecule has 2 aromatic rings. The van der Waals surface area contributed by atoms with Gasteiger partial charge in [0.25, 0.3) is 0 Å². The summed E-state index contributed by atoms with van der Waals surface area (Å²) in [6.07, 6.45) is 5.16. The van der Waals surface area contributed by atoms with Crippen molar-refractivity contribution in [2.45, 2.75) is 26.8 Å². The number of imidazole rings is 1. The van der Waals surface area contributed by atoms with Crippen molar-refractivity contribution in [3.63, 3.8) is 0 Å². The van der Waals surface area contributed by atoms with Gasteiger partial charge in [0.15, 0.2) is 0 Å². The van der Waals surface area contributed by atoms with Gasteiger partial charge in [-0.2, -0.15) is 0 Å². The Morgan fingerprint density at radius 2 is 2.05 bits per heavy atom.